The third-order valence-corrected chi connectivity index (χ3v) is 7.45. The Labute approximate surface area is 238 Å². The second kappa shape index (κ2) is 13.5. The number of ether oxygens (including phenoxy) is 2. The van der Waals surface area contributed by atoms with Gasteiger partial charge in [0, 0.05) is 44.1 Å². The zero-order chi connectivity index (χ0) is 30.4. The van der Waals surface area contributed by atoms with Crippen LogP contribution in [0.2, 0.25) is 0 Å². The maximum absolute atomic E-state index is 13.6. The quantitative estimate of drug-likeness (QED) is 0.426. The predicted octanol–water partition coefficient (Wildman–Crippen LogP) is 5.39. The molecule has 0 radical (unpaired) electrons. The van der Waals surface area contributed by atoms with Gasteiger partial charge in [-0.25, -0.2) is 9.59 Å². The van der Waals surface area contributed by atoms with Crippen LogP contribution in [-0.2, 0) is 9.47 Å². The summed E-state index contributed by atoms with van der Waals surface area (Å²) in [6, 6.07) is 10.3. The van der Waals surface area contributed by atoms with Gasteiger partial charge in [0.25, 0.3) is 0 Å². The van der Waals surface area contributed by atoms with E-state index >= 15 is 0 Å². The van der Waals surface area contributed by atoms with Crippen molar-refractivity contribution in [3.05, 3.63) is 35.9 Å². The molecule has 5 atom stereocenters. The molecule has 8 nitrogen and oxygen atoms in total. The number of likely N-dealkylation sites (tertiary alicyclic amines) is 1. The van der Waals surface area contributed by atoms with Crippen molar-refractivity contribution in [2.75, 3.05) is 39.5 Å². The summed E-state index contributed by atoms with van der Waals surface area (Å²) in [5.41, 5.74) is -1.10. The van der Waals surface area contributed by atoms with Gasteiger partial charge in [-0.3, -0.25) is 13.7 Å². The van der Waals surface area contributed by atoms with Crippen molar-refractivity contribution in [1.82, 2.24) is 20.9 Å². The number of alkyl carbamates (subject to hydrolysis) is 2. The third kappa shape index (κ3) is 9.87. The molecule has 2 saturated heterocycles. The minimum atomic E-state index is -0.639. The number of carbonyl (C=O) groups excluding carboxylic acids is 2. The van der Waals surface area contributed by atoms with Gasteiger partial charge in [-0.15, -0.1) is 0 Å². The Hall–Kier alpha value is -2.46. The number of carbonyl (C=O) groups is 2. The van der Waals surface area contributed by atoms with Gasteiger partial charge < -0.3 is 25.4 Å². The number of alkyl halides is 2. The number of halogens is 2. The lowest BCUT2D eigenvalue weighted by Gasteiger charge is -2.32. The fourth-order valence-corrected chi connectivity index (χ4v) is 5.02. The van der Waals surface area contributed by atoms with Crippen LogP contribution in [0, 0.1) is 11.8 Å². The van der Waals surface area contributed by atoms with E-state index in [4.69, 9.17) is 9.47 Å². The summed E-state index contributed by atoms with van der Waals surface area (Å²) in [7, 11) is 0. The fraction of sp³-hybridized carbons (Fsp3) is 0.733. The first-order valence-corrected chi connectivity index (χ1v) is 14.1. The maximum Gasteiger partial charge on any atom is 0.408 e. The molecule has 1 aromatic rings. The van der Waals surface area contributed by atoms with Crippen LogP contribution < -0.4 is 16.0 Å². The lowest BCUT2D eigenvalue weighted by atomic mass is 9.90. The van der Waals surface area contributed by atoms with Gasteiger partial charge in [-0.1, -0.05) is 30.3 Å². The van der Waals surface area contributed by atoms with Crippen molar-refractivity contribution >= 4 is 12.2 Å². The average Bonchev–Trinajstić information content (AvgIpc) is 3.35. The topological polar surface area (TPSA) is 91.9 Å². The maximum atomic E-state index is 13.6. The number of nitrogens with one attached hydrogen (secondary N) is 3. The van der Waals surface area contributed by atoms with E-state index in [0.717, 1.165) is 0 Å². The summed E-state index contributed by atoms with van der Waals surface area (Å²) >= 11 is 0. The van der Waals surface area contributed by atoms with E-state index in [9.17, 15) is 18.4 Å². The largest absolute Gasteiger partial charge is 0.444 e. The molecule has 0 saturated carbocycles. The zero-order valence-corrected chi connectivity index (χ0v) is 25.7. The number of hydrogen-bond donors (Lipinski definition) is 3. The Balaban J connectivity index is 0.000000305. The molecule has 1 aromatic carbocycles. The van der Waals surface area contributed by atoms with Crippen molar-refractivity contribution in [3.8, 4) is 0 Å². The number of benzene rings is 1. The van der Waals surface area contributed by atoms with Gasteiger partial charge in [0.15, 0.2) is 0 Å². The molecule has 40 heavy (non-hydrogen) atoms. The summed E-state index contributed by atoms with van der Waals surface area (Å²) in [4.78, 5) is 26.0. The highest BCUT2D eigenvalue weighted by Crippen LogP contribution is 2.34. The fourth-order valence-electron chi connectivity index (χ4n) is 5.02. The molecule has 2 amide bonds. The predicted molar refractivity (Wildman–Crippen MR) is 154 cm³/mol. The summed E-state index contributed by atoms with van der Waals surface area (Å²) < 4.78 is 36.9. The Morgan fingerprint density at radius 3 is 1.93 bits per heavy atom. The van der Waals surface area contributed by atoms with E-state index < -0.39 is 47.8 Å². The first kappa shape index (κ1) is 33.7. The highest BCUT2D eigenvalue weighted by molar-refractivity contribution is 5.69. The number of rotatable bonds is 6. The molecule has 2 aliphatic rings. The van der Waals surface area contributed by atoms with Gasteiger partial charge in [0.1, 0.15) is 11.2 Å². The van der Waals surface area contributed by atoms with Crippen LogP contribution >= 0.6 is 0 Å². The molecule has 0 aromatic heterocycles. The number of nitrogens with zero attached hydrogens (tertiary/aromatic N) is 1. The second-order valence-electron chi connectivity index (χ2n) is 13.4. The van der Waals surface area contributed by atoms with Gasteiger partial charge in [-0.2, -0.15) is 0 Å². The number of hydrogen-bond acceptors (Lipinski definition) is 6. The van der Waals surface area contributed by atoms with Crippen molar-refractivity contribution in [2.45, 2.75) is 90.6 Å². The third-order valence-electron chi connectivity index (χ3n) is 7.45. The standard InChI is InChI=1S/C19H29FN2O2.C11H21FN2O2/c1-14(15-9-7-6-8-10-15)22-12-16(11-20)19(5,13-22)21-17(23)24-18(2,3)4;1-10(2,3)16-9(15)14-11(4)7-13-6-8(11)5-12/h6-10,14,16H,11-13H2,1-5H3,(H,21,23);8,13H,5-7H2,1-4H3,(H,14,15)/t14-,16-,19+;8-,11+/m11/s1. The summed E-state index contributed by atoms with van der Waals surface area (Å²) in [6.45, 7) is 18.2. The molecule has 0 bridgehead atoms. The minimum Gasteiger partial charge on any atom is -0.444 e. The SMILES string of the molecule is CC(C)(C)OC(=O)N[C@@]1(C)CNC[C@H]1CF.C[C@H](c1ccccc1)N1C[C@@H](CF)[C@@](C)(NC(=O)OC(C)(C)C)C1. The summed E-state index contributed by atoms with van der Waals surface area (Å²) in [5, 5.41) is 8.73. The van der Waals surface area contributed by atoms with E-state index in [1.165, 1.54) is 5.56 Å². The summed E-state index contributed by atoms with van der Waals surface area (Å²) in [6.07, 6.45) is -0.977. The van der Waals surface area contributed by atoms with Gasteiger partial charge in [-0.05, 0) is 67.9 Å². The van der Waals surface area contributed by atoms with Gasteiger partial charge >= 0.3 is 12.2 Å². The smallest absolute Gasteiger partial charge is 0.408 e. The molecule has 10 heteroatoms. The van der Waals surface area contributed by atoms with E-state index in [-0.39, 0.29) is 17.9 Å². The average molecular weight is 569 g/mol. The van der Waals surface area contributed by atoms with Gasteiger partial charge in [0.2, 0.25) is 0 Å². The molecule has 0 unspecified atom stereocenters. The van der Waals surface area contributed by atoms with Crippen molar-refractivity contribution in [3.63, 3.8) is 0 Å². The molecule has 2 heterocycles. The Morgan fingerprint density at radius 2 is 1.45 bits per heavy atom. The van der Waals surface area contributed by atoms with Crippen LogP contribution in [0.3, 0.4) is 0 Å². The van der Waals surface area contributed by atoms with Crippen LogP contribution in [0.1, 0.15) is 73.9 Å². The normalized spacial score (nSPS) is 27.8. The van der Waals surface area contributed by atoms with Crippen LogP contribution in [0.15, 0.2) is 30.3 Å². The van der Waals surface area contributed by atoms with Crippen LogP contribution in [0.5, 0.6) is 0 Å². The van der Waals surface area contributed by atoms with Crippen molar-refractivity contribution < 1.29 is 27.8 Å². The molecule has 0 spiro atoms. The number of amides is 2. The first-order chi connectivity index (χ1) is 18.4. The first-order valence-electron chi connectivity index (χ1n) is 14.1. The Bertz CT molecular complexity index is 969. The molecular formula is C30H50F2N4O4. The highest BCUT2D eigenvalue weighted by atomic mass is 19.1. The Kier molecular flexibility index (Phi) is 11.4. The zero-order valence-electron chi connectivity index (χ0n) is 25.7. The van der Waals surface area contributed by atoms with E-state index in [1.807, 2.05) is 52.8 Å². The highest BCUT2D eigenvalue weighted by Gasteiger charge is 2.46. The van der Waals surface area contributed by atoms with Crippen molar-refractivity contribution in [1.29, 1.82) is 0 Å². The lowest BCUT2D eigenvalue weighted by molar-refractivity contribution is 0.0426. The Morgan fingerprint density at radius 1 is 0.950 bits per heavy atom. The molecular weight excluding hydrogens is 518 g/mol. The minimum absolute atomic E-state index is 0.169. The van der Waals surface area contributed by atoms with E-state index in [2.05, 4.69) is 39.9 Å². The molecule has 2 fully saturated rings. The van der Waals surface area contributed by atoms with Crippen LogP contribution in [0.4, 0.5) is 18.4 Å². The van der Waals surface area contributed by atoms with E-state index in [0.29, 0.717) is 26.2 Å². The van der Waals surface area contributed by atoms with Crippen LogP contribution in [-0.4, -0.2) is 78.9 Å². The second-order valence-corrected chi connectivity index (χ2v) is 13.4. The van der Waals surface area contributed by atoms with Gasteiger partial charge in [0.05, 0.1) is 24.4 Å². The van der Waals surface area contributed by atoms with E-state index in [1.54, 1.807) is 20.8 Å². The molecule has 3 N–H and O–H groups in total. The molecule has 3 rings (SSSR count). The lowest BCUT2D eigenvalue weighted by Crippen LogP contribution is -2.53. The monoisotopic (exact) mass is 568 g/mol. The summed E-state index contributed by atoms with van der Waals surface area (Å²) in [5.74, 6) is -0.448. The molecule has 0 aliphatic carbocycles. The van der Waals surface area contributed by atoms with Crippen molar-refractivity contribution in [2.24, 2.45) is 11.8 Å². The molecule has 228 valence electrons. The molecule has 2 aliphatic heterocycles. The van der Waals surface area contributed by atoms with Crippen LogP contribution in [0.25, 0.3) is 0 Å².